The molecule has 8 heteroatoms. The zero-order valence-corrected chi connectivity index (χ0v) is 22.4. The van der Waals surface area contributed by atoms with Crippen LogP contribution in [0.2, 0.25) is 5.02 Å². The monoisotopic (exact) mass is 535 g/mol. The summed E-state index contributed by atoms with van der Waals surface area (Å²) < 4.78 is 12.2. The van der Waals surface area contributed by atoms with Gasteiger partial charge in [0.2, 0.25) is 0 Å². The molecule has 1 N–H and O–H groups in total. The number of likely N-dealkylation sites (tertiary alicyclic amines) is 1. The number of aromatic nitrogens is 2. The van der Waals surface area contributed by atoms with Gasteiger partial charge in [0.15, 0.2) is 11.6 Å². The number of fused-ring (bicyclic) bond motifs is 1. The maximum absolute atomic E-state index is 6.25. The van der Waals surface area contributed by atoms with Gasteiger partial charge in [-0.15, -0.1) is 24.8 Å². The van der Waals surface area contributed by atoms with Crippen molar-refractivity contribution < 1.29 is 9.15 Å². The van der Waals surface area contributed by atoms with E-state index in [9.17, 15) is 0 Å². The summed E-state index contributed by atoms with van der Waals surface area (Å²) in [6.07, 6.45) is 3.21. The van der Waals surface area contributed by atoms with Gasteiger partial charge in [-0.2, -0.15) is 0 Å². The number of furan rings is 1. The number of nitrogens with zero attached hydrogens (tertiary/aromatic N) is 2. The van der Waals surface area contributed by atoms with Gasteiger partial charge in [0.05, 0.1) is 17.6 Å². The summed E-state index contributed by atoms with van der Waals surface area (Å²) in [6.45, 7) is 8.31. The van der Waals surface area contributed by atoms with Crippen LogP contribution in [0.15, 0.2) is 52.9 Å². The van der Waals surface area contributed by atoms with E-state index >= 15 is 0 Å². The molecule has 35 heavy (non-hydrogen) atoms. The molecule has 5 rings (SSSR count). The van der Waals surface area contributed by atoms with Crippen molar-refractivity contribution in [1.29, 1.82) is 0 Å². The first-order valence-corrected chi connectivity index (χ1v) is 12.1. The van der Waals surface area contributed by atoms with Gasteiger partial charge < -0.3 is 14.1 Å². The number of hydrogen-bond donors (Lipinski definition) is 1. The lowest BCUT2D eigenvalue weighted by molar-refractivity contribution is 0.268. The van der Waals surface area contributed by atoms with Crippen molar-refractivity contribution in [3.8, 4) is 17.3 Å². The molecule has 2 aromatic heterocycles. The predicted octanol–water partition coefficient (Wildman–Crippen LogP) is 7.54. The summed E-state index contributed by atoms with van der Waals surface area (Å²) in [5.41, 5.74) is 4.31. The Hall–Kier alpha value is -2.18. The van der Waals surface area contributed by atoms with Crippen LogP contribution in [0.4, 0.5) is 0 Å². The van der Waals surface area contributed by atoms with Crippen LogP contribution in [0.5, 0.6) is 5.75 Å². The van der Waals surface area contributed by atoms with Crippen molar-refractivity contribution in [2.75, 3.05) is 19.7 Å². The fourth-order valence-corrected chi connectivity index (χ4v) is 4.53. The molecule has 0 radical (unpaired) electrons. The molecule has 1 fully saturated rings. The van der Waals surface area contributed by atoms with E-state index in [0.29, 0.717) is 24.0 Å². The normalized spacial score (nSPS) is 13.7. The van der Waals surface area contributed by atoms with Gasteiger partial charge >= 0.3 is 0 Å². The molecule has 188 valence electrons. The third-order valence-electron chi connectivity index (χ3n) is 6.01. The highest BCUT2D eigenvalue weighted by Crippen LogP contribution is 2.29. The topological polar surface area (TPSA) is 54.3 Å². The van der Waals surface area contributed by atoms with Gasteiger partial charge in [-0.3, -0.25) is 4.90 Å². The molecule has 0 spiro atoms. The van der Waals surface area contributed by atoms with Crippen LogP contribution in [0, 0.1) is 5.92 Å². The number of nitrogens with one attached hydrogen (secondary N) is 1. The van der Waals surface area contributed by atoms with Crippen LogP contribution in [0.25, 0.3) is 22.6 Å². The quantitative estimate of drug-likeness (QED) is 0.253. The molecule has 0 saturated carbocycles. The van der Waals surface area contributed by atoms with Gasteiger partial charge in [0, 0.05) is 23.6 Å². The van der Waals surface area contributed by atoms with Crippen LogP contribution in [0.1, 0.15) is 43.6 Å². The van der Waals surface area contributed by atoms with Crippen LogP contribution in [-0.4, -0.2) is 34.6 Å². The Bertz CT molecular complexity index is 1250. The summed E-state index contributed by atoms with van der Waals surface area (Å²) in [7, 11) is 0. The summed E-state index contributed by atoms with van der Waals surface area (Å²) in [5.74, 6) is 3.62. The minimum absolute atomic E-state index is 0. The number of aromatic amines is 1. The second-order valence-corrected chi connectivity index (χ2v) is 9.76. The number of rotatable bonds is 8. The molecular weight excluding hydrogens is 505 g/mol. The standard InChI is InChI=1S/C27H30ClN3O2.2ClH/c1-18(2)17-32-25-9-6-21(28)14-20(25)15-22-7-10-26(33-22)27-29-23-8-5-19(13-24(23)30-27)16-31-11-3-4-12-31;;/h5-10,13-14,18H,3-4,11-12,15-17H2,1-2H3,(H,29,30);2*1H. The Balaban J connectivity index is 0.00000171. The minimum atomic E-state index is 0. The summed E-state index contributed by atoms with van der Waals surface area (Å²) in [4.78, 5) is 10.7. The first kappa shape index (κ1) is 27.4. The van der Waals surface area contributed by atoms with Crippen molar-refractivity contribution in [2.24, 2.45) is 5.92 Å². The maximum Gasteiger partial charge on any atom is 0.174 e. The highest BCUT2D eigenvalue weighted by Gasteiger charge is 2.15. The second kappa shape index (κ2) is 12.2. The second-order valence-electron chi connectivity index (χ2n) is 9.32. The van der Waals surface area contributed by atoms with E-state index in [2.05, 4.69) is 41.9 Å². The van der Waals surface area contributed by atoms with Crippen molar-refractivity contribution in [2.45, 2.75) is 39.7 Å². The number of imidazole rings is 1. The molecule has 1 saturated heterocycles. The molecule has 2 aromatic carbocycles. The van der Waals surface area contributed by atoms with E-state index in [1.54, 1.807) is 0 Å². The van der Waals surface area contributed by atoms with Crippen molar-refractivity contribution >= 4 is 47.4 Å². The fraction of sp³-hybridized carbons (Fsp3) is 0.370. The molecule has 4 aromatic rings. The maximum atomic E-state index is 6.25. The van der Waals surface area contributed by atoms with Gasteiger partial charge in [-0.1, -0.05) is 31.5 Å². The number of ether oxygens (including phenoxy) is 1. The van der Waals surface area contributed by atoms with Gasteiger partial charge in [-0.25, -0.2) is 4.98 Å². The smallest absolute Gasteiger partial charge is 0.174 e. The fourth-order valence-electron chi connectivity index (χ4n) is 4.34. The van der Waals surface area contributed by atoms with Gasteiger partial charge in [0.25, 0.3) is 0 Å². The Kier molecular flexibility index (Phi) is 9.54. The third-order valence-corrected chi connectivity index (χ3v) is 6.24. The third kappa shape index (κ3) is 6.73. The average molecular weight is 537 g/mol. The summed E-state index contributed by atoms with van der Waals surface area (Å²) in [5, 5.41) is 0.690. The molecule has 0 aliphatic carbocycles. The minimum Gasteiger partial charge on any atom is -0.493 e. The Morgan fingerprint density at radius 2 is 1.86 bits per heavy atom. The predicted molar refractivity (Wildman–Crippen MR) is 147 cm³/mol. The first-order chi connectivity index (χ1) is 16.0. The van der Waals surface area contributed by atoms with Crippen molar-refractivity contribution in [3.05, 3.63) is 70.4 Å². The van der Waals surface area contributed by atoms with E-state index < -0.39 is 0 Å². The Labute approximate surface area is 224 Å². The van der Waals surface area contributed by atoms with Crippen LogP contribution in [0.3, 0.4) is 0 Å². The highest BCUT2D eigenvalue weighted by molar-refractivity contribution is 6.30. The number of H-pyrrole nitrogens is 1. The van der Waals surface area contributed by atoms with Gasteiger partial charge in [0.1, 0.15) is 11.5 Å². The van der Waals surface area contributed by atoms with Gasteiger partial charge in [-0.05, 0) is 79.9 Å². The highest BCUT2D eigenvalue weighted by atomic mass is 35.5. The summed E-state index contributed by atoms with van der Waals surface area (Å²) >= 11 is 6.25. The number of hydrogen-bond acceptors (Lipinski definition) is 4. The lowest BCUT2D eigenvalue weighted by atomic mass is 10.1. The van der Waals surface area contributed by atoms with Crippen LogP contribution >= 0.6 is 36.4 Å². The molecule has 0 amide bonds. The van der Waals surface area contributed by atoms with Crippen LogP contribution in [-0.2, 0) is 13.0 Å². The van der Waals surface area contributed by atoms with E-state index in [0.717, 1.165) is 46.2 Å². The SMILES string of the molecule is CC(C)COc1ccc(Cl)cc1Cc1ccc(-c2nc3cc(CN4CCCC4)ccc3[nH]2)o1.Cl.Cl. The van der Waals surface area contributed by atoms with E-state index in [4.69, 9.17) is 25.7 Å². The molecule has 0 atom stereocenters. The lowest BCUT2D eigenvalue weighted by Gasteiger charge is -2.14. The number of benzene rings is 2. The molecule has 0 bridgehead atoms. The van der Waals surface area contributed by atoms with Crippen molar-refractivity contribution in [1.82, 2.24) is 14.9 Å². The molecule has 3 heterocycles. The zero-order chi connectivity index (χ0) is 22.8. The Morgan fingerprint density at radius 3 is 2.63 bits per heavy atom. The molecule has 5 nitrogen and oxygen atoms in total. The zero-order valence-electron chi connectivity index (χ0n) is 20.1. The van der Waals surface area contributed by atoms with Crippen LogP contribution < -0.4 is 4.74 Å². The molecule has 1 aliphatic rings. The van der Waals surface area contributed by atoms with E-state index in [1.165, 1.54) is 31.5 Å². The lowest BCUT2D eigenvalue weighted by Crippen LogP contribution is -2.18. The number of halogens is 3. The van der Waals surface area contributed by atoms with E-state index in [-0.39, 0.29) is 24.8 Å². The van der Waals surface area contributed by atoms with Crippen molar-refractivity contribution in [3.63, 3.8) is 0 Å². The molecule has 1 aliphatic heterocycles. The average Bonchev–Trinajstić information content (AvgIpc) is 3.53. The Morgan fingerprint density at radius 1 is 1.06 bits per heavy atom. The van der Waals surface area contributed by atoms with E-state index in [1.807, 2.05) is 30.3 Å². The largest absolute Gasteiger partial charge is 0.493 e. The molecule has 0 unspecified atom stereocenters. The first-order valence-electron chi connectivity index (χ1n) is 11.7. The molecular formula is C27H32Cl3N3O2. The summed E-state index contributed by atoms with van der Waals surface area (Å²) in [6, 6.07) is 16.2.